The Hall–Kier alpha value is -2.76. The first kappa shape index (κ1) is 10.4. The molecule has 0 aliphatic heterocycles. The van der Waals surface area contributed by atoms with E-state index < -0.39 is 5.97 Å². The van der Waals surface area contributed by atoms with Crippen LogP contribution in [-0.4, -0.2) is 31.1 Å². The van der Waals surface area contributed by atoms with E-state index in [1.165, 1.54) is 16.9 Å². The molecule has 2 aromatic heterocycles. The first-order chi connectivity index (χ1) is 8.77. The van der Waals surface area contributed by atoms with E-state index >= 15 is 0 Å². The third-order valence-corrected chi connectivity index (χ3v) is 2.61. The minimum Gasteiger partial charge on any atom is -0.478 e. The summed E-state index contributed by atoms with van der Waals surface area (Å²) >= 11 is 0. The maximum Gasteiger partial charge on any atom is 0.339 e. The number of aromatic nitrogens is 4. The Balaban J connectivity index is 2.30. The maximum atomic E-state index is 11.1. The summed E-state index contributed by atoms with van der Waals surface area (Å²) < 4.78 is 1.48. The summed E-state index contributed by atoms with van der Waals surface area (Å²) in [5.41, 5.74) is 0.861. The highest BCUT2D eigenvalue weighted by molar-refractivity contribution is 5.92. The first-order valence-electron chi connectivity index (χ1n) is 5.25. The number of carboxylic acids is 1. The number of rotatable bonds is 2. The molecule has 3 rings (SSSR count). The summed E-state index contributed by atoms with van der Waals surface area (Å²) in [6.07, 6.45) is 3.01. The van der Waals surface area contributed by atoms with E-state index in [-0.39, 0.29) is 11.4 Å². The highest BCUT2D eigenvalue weighted by Gasteiger charge is 2.15. The van der Waals surface area contributed by atoms with E-state index in [0.29, 0.717) is 0 Å². The fourth-order valence-corrected chi connectivity index (χ4v) is 1.79. The van der Waals surface area contributed by atoms with Gasteiger partial charge in [-0.3, -0.25) is 0 Å². The van der Waals surface area contributed by atoms with Crippen LogP contribution in [0.4, 0.5) is 0 Å². The van der Waals surface area contributed by atoms with Crippen molar-refractivity contribution in [3.8, 4) is 5.82 Å². The van der Waals surface area contributed by atoms with Gasteiger partial charge in [0, 0.05) is 5.39 Å². The van der Waals surface area contributed by atoms with Gasteiger partial charge in [0.25, 0.3) is 0 Å². The minimum absolute atomic E-state index is 0.0684. The molecule has 0 aliphatic carbocycles. The van der Waals surface area contributed by atoms with Crippen LogP contribution in [0.25, 0.3) is 16.7 Å². The van der Waals surface area contributed by atoms with E-state index in [4.69, 9.17) is 5.11 Å². The Labute approximate surface area is 102 Å². The van der Waals surface area contributed by atoms with Crippen LogP contribution in [0.15, 0.2) is 42.7 Å². The average molecular weight is 240 g/mol. The van der Waals surface area contributed by atoms with Gasteiger partial charge in [-0.15, -0.1) is 5.10 Å². The third-order valence-electron chi connectivity index (χ3n) is 2.61. The molecule has 0 unspecified atom stereocenters. The quantitative estimate of drug-likeness (QED) is 0.734. The van der Waals surface area contributed by atoms with Gasteiger partial charge in [-0.2, -0.15) is 10.2 Å². The Morgan fingerprint density at radius 2 is 2.06 bits per heavy atom. The Bertz CT molecular complexity index is 736. The van der Waals surface area contributed by atoms with Gasteiger partial charge in [-0.1, -0.05) is 18.2 Å². The summed E-state index contributed by atoms with van der Waals surface area (Å²) in [5, 5.41) is 21.8. The monoisotopic (exact) mass is 240 g/mol. The smallest absolute Gasteiger partial charge is 0.339 e. The summed E-state index contributed by atoms with van der Waals surface area (Å²) in [5.74, 6) is -0.842. The van der Waals surface area contributed by atoms with Crippen molar-refractivity contribution in [3.05, 3.63) is 48.3 Å². The number of hydrogen-bond acceptors (Lipinski definition) is 4. The van der Waals surface area contributed by atoms with Crippen molar-refractivity contribution in [1.29, 1.82) is 0 Å². The highest BCUT2D eigenvalue weighted by Crippen LogP contribution is 2.18. The molecule has 6 nitrogen and oxygen atoms in total. The van der Waals surface area contributed by atoms with E-state index in [9.17, 15) is 4.79 Å². The van der Waals surface area contributed by atoms with Crippen molar-refractivity contribution in [3.63, 3.8) is 0 Å². The van der Waals surface area contributed by atoms with Crippen molar-refractivity contribution in [2.45, 2.75) is 0 Å². The van der Waals surface area contributed by atoms with Gasteiger partial charge >= 0.3 is 5.97 Å². The van der Waals surface area contributed by atoms with Gasteiger partial charge in [0.2, 0.25) is 0 Å². The molecule has 0 amide bonds. The van der Waals surface area contributed by atoms with Crippen LogP contribution in [0.2, 0.25) is 0 Å². The van der Waals surface area contributed by atoms with Crippen molar-refractivity contribution in [1.82, 2.24) is 20.0 Å². The van der Waals surface area contributed by atoms with E-state index in [1.807, 2.05) is 24.3 Å². The molecule has 88 valence electrons. The summed E-state index contributed by atoms with van der Waals surface area (Å²) in [6, 6.07) is 8.90. The molecule has 0 saturated carbocycles. The Morgan fingerprint density at radius 1 is 1.22 bits per heavy atom. The second-order valence-electron chi connectivity index (χ2n) is 3.69. The van der Waals surface area contributed by atoms with Gasteiger partial charge < -0.3 is 5.11 Å². The molecule has 2 heterocycles. The lowest BCUT2D eigenvalue weighted by Crippen LogP contribution is -2.09. The number of aromatic carboxylic acids is 1. The highest BCUT2D eigenvalue weighted by atomic mass is 16.4. The Kier molecular flexibility index (Phi) is 2.26. The molecule has 0 atom stereocenters. The second kappa shape index (κ2) is 3.92. The van der Waals surface area contributed by atoms with Crippen molar-refractivity contribution < 1.29 is 9.90 Å². The molecule has 0 aliphatic rings. The van der Waals surface area contributed by atoms with Crippen LogP contribution in [-0.2, 0) is 0 Å². The van der Waals surface area contributed by atoms with Crippen LogP contribution in [0.3, 0.4) is 0 Å². The number of carboxylic acid groups (broad SMARTS) is 1. The van der Waals surface area contributed by atoms with Crippen molar-refractivity contribution in [2.24, 2.45) is 0 Å². The van der Waals surface area contributed by atoms with Crippen LogP contribution >= 0.6 is 0 Å². The molecular weight excluding hydrogens is 232 g/mol. The lowest BCUT2D eigenvalue weighted by molar-refractivity contribution is 0.0696. The number of benzene rings is 1. The van der Waals surface area contributed by atoms with Crippen LogP contribution < -0.4 is 0 Å². The minimum atomic E-state index is -1.06. The predicted octanol–water partition coefficient (Wildman–Crippen LogP) is 1.51. The van der Waals surface area contributed by atoms with Gasteiger partial charge in [0.05, 0.1) is 17.9 Å². The molecule has 1 aromatic carbocycles. The molecule has 18 heavy (non-hydrogen) atoms. The molecule has 3 aromatic rings. The second-order valence-corrected chi connectivity index (χ2v) is 3.69. The zero-order chi connectivity index (χ0) is 12.5. The van der Waals surface area contributed by atoms with E-state index in [1.54, 1.807) is 6.20 Å². The largest absolute Gasteiger partial charge is 0.478 e. The van der Waals surface area contributed by atoms with Gasteiger partial charge in [-0.25, -0.2) is 9.48 Å². The normalized spacial score (nSPS) is 10.7. The lowest BCUT2D eigenvalue weighted by Gasteiger charge is -2.04. The number of para-hydroxylation sites is 1. The molecule has 0 saturated heterocycles. The number of hydrogen-bond donors (Lipinski definition) is 1. The topological polar surface area (TPSA) is 80.9 Å². The van der Waals surface area contributed by atoms with E-state index in [0.717, 1.165) is 10.9 Å². The van der Waals surface area contributed by atoms with Gasteiger partial charge in [0.1, 0.15) is 5.56 Å². The summed E-state index contributed by atoms with van der Waals surface area (Å²) in [7, 11) is 0. The fraction of sp³-hybridized carbons (Fsp3) is 0. The zero-order valence-corrected chi connectivity index (χ0v) is 9.19. The molecule has 0 fully saturated rings. The standard InChI is InChI=1S/C12H8N4O2/c17-12(18)9-5-6-13-15-11(9)16-10-4-2-1-3-8(10)7-14-16/h1-7H,(H,17,18). The molecule has 0 radical (unpaired) electrons. The van der Waals surface area contributed by atoms with Crippen molar-refractivity contribution >= 4 is 16.9 Å². The maximum absolute atomic E-state index is 11.1. The lowest BCUT2D eigenvalue weighted by atomic mass is 10.2. The number of fused-ring (bicyclic) bond motifs is 1. The SMILES string of the molecule is O=C(O)c1ccnnc1-n1ncc2ccccc21. The van der Waals surface area contributed by atoms with Crippen LogP contribution in [0, 0.1) is 0 Å². The number of carbonyl (C=O) groups is 1. The molecular formula is C12H8N4O2. The zero-order valence-electron chi connectivity index (χ0n) is 9.19. The fourth-order valence-electron chi connectivity index (χ4n) is 1.79. The van der Waals surface area contributed by atoms with Gasteiger partial charge in [0.15, 0.2) is 5.82 Å². The molecule has 0 spiro atoms. The molecule has 0 bridgehead atoms. The van der Waals surface area contributed by atoms with Crippen LogP contribution in [0.5, 0.6) is 0 Å². The van der Waals surface area contributed by atoms with Crippen LogP contribution in [0.1, 0.15) is 10.4 Å². The van der Waals surface area contributed by atoms with Crippen molar-refractivity contribution in [2.75, 3.05) is 0 Å². The molecule has 1 N–H and O–H groups in total. The average Bonchev–Trinajstić information content (AvgIpc) is 2.82. The number of nitrogens with zero attached hydrogens (tertiary/aromatic N) is 4. The predicted molar refractivity (Wildman–Crippen MR) is 63.6 cm³/mol. The summed E-state index contributed by atoms with van der Waals surface area (Å²) in [6.45, 7) is 0. The molecule has 6 heteroatoms. The van der Waals surface area contributed by atoms with Gasteiger partial charge in [-0.05, 0) is 12.1 Å². The third kappa shape index (κ3) is 1.51. The summed E-state index contributed by atoms with van der Waals surface area (Å²) in [4.78, 5) is 11.1. The van der Waals surface area contributed by atoms with E-state index in [2.05, 4.69) is 15.3 Å². The Morgan fingerprint density at radius 3 is 2.89 bits per heavy atom. The first-order valence-corrected chi connectivity index (χ1v) is 5.25.